The van der Waals surface area contributed by atoms with Gasteiger partial charge in [-0.3, -0.25) is 0 Å². The van der Waals surface area contributed by atoms with E-state index in [0.29, 0.717) is 4.47 Å². The van der Waals surface area contributed by atoms with E-state index < -0.39 is 12.4 Å². The molecule has 0 bridgehead atoms. The highest BCUT2D eigenvalue weighted by molar-refractivity contribution is 9.10. The van der Waals surface area contributed by atoms with Crippen molar-refractivity contribution in [2.24, 2.45) is 0 Å². The molecule has 5 heteroatoms. The maximum atomic E-state index is 12.9. The van der Waals surface area contributed by atoms with Crippen molar-refractivity contribution in [1.82, 2.24) is 0 Å². The van der Waals surface area contributed by atoms with Gasteiger partial charge in [-0.05, 0) is 56.0 Å². The molecule has 0 radical (unpaired) electrons. The fourth-order valence-corrected chi connectivity index (χ4v) is 3.23. The molecule has 3 aromatic rings. The average molecular weight is 403 g/mol. The standard InChI is InChI=1S/C20H13BrF2O2/c21-18-16-8-6-13(10-14(16)7-9-17(18)19(22)23)5-4-12-2-1-3-15(11-12)20(24)25/h1-11,19H,(H,24,25). The molecule has 2 nitrogen and oxygen atoms in total. The van der Waals surface area contributed by atoms with Crippen molar-refractivity contribution in [2.45, 2.75) is 6.43 Å². The highest BCUT2D eigenvalue weighted by Crippen LogP contribution is 2.34. The summed E-state index contributed by atoms with van der Waals surface area (Å²) in [6, 6.07) is 15.2. The smallest absolute Gasteiger partial charge is 0.335 e. The van der Waals surface area contributed by atoms with Gasteiger partial charge in [0.05, 0.1) is 5.56 Å². The van der Waals surface area contributed by atoms with Crippen LogP contribution in [0, 0.1) is 0 Å². The lowest BCUT2D eigenvalue weighted by atomic mass is 10.0. The van der Waals surface area contributed by atoms with Crippen molar-refractivity contribution in [1.29, 1.82) is 0 Å². The lowest BCUT2D eigenvalue weighted by molar-refractivity contribution is 0.0697. The number of aromatic carboxylic acids is 1. The van der Waals surface area contributed by atoms with Gasteiger partial charge in [0.1, 0.15) is 0 Å². The van der Waals surface area contributed by atoms with E-state index in [9.17, 15) is 13.6 Å². The summed E-state index contributed by atoms with van der Waals surface area (Å²) in [5.74, 6) is -0.972. The molecule has 0 atom stereocenters. The van der Waals surface area contributed by atoms with Gasteiger partial charge >= 0.3 is 5.97 Å². The first kappa shape index (κ1) is 17.3. The van der Waals surface area contributed by atoms with Crippen LogP contribution >= 0.6 is 15.9 Å². The summed E-state index contributed by atoms with van der Waals surface area (Å²) in [5, 5.41) is 10.6. The molecule has 0 aliphatic rings. The molecule has 0 unspecified atom stereocenters. The van der Waals surface area contributed by atoms with E-state index in [1.165, 1.54) is 12.1 Å². The second kappa shape index (κ2) is 7.15. The Morgan fingerprint density at radius 1 is 1.00 bits per heavy atom. The van der Waals surface area contributed by atoms with E-state index in [1.54, 1.807) is 24.3 Å². The Kier molecular flexibility index (Phi) is 4.95. The van der Waals surface area contributed by atoms with E-state index in [0.717, 1.165) is 21.9 Å². The van der Waals surface area contributed by atoms with Crippen molar-refractivity contribution in [3.05, 3.63) is 81.3 Å². The molecule has 0 saturated heterocycles. The van der Waals surface area contributed by atoms with E-state index in [1.807, 2.05) is 30.4 Å². The predicted octanol–water partition coefficient (Wildman–Crippen LogP) is 6.41. The first-order chi connectivity index (χ1) is 12.0. The summed E-state index contributed by atoms with van der Waals surface area (Å²) >= 11 is 3.25. The minimum Gasteiger partial charge on any atom is -0.478 e. The highest BCUT2D eigenvalue weighted by atomic mass is 79.9. The third-order valence-corrected chi connectivity index (χ3v) is 4.73. The average Bonchev–Trinajstić information content (AvgIpc) is 2.60. The third-order valence-electron chi connectivity index (χ3n) is 3.84. The Labute approximate surface area is 151 Å². The topological polar surface area (TPSA) is 37.3 Å². The van der Waals surface area contributed by atoms with E-state index in [4.69, 9.17) is 5.11 Å². The normalized spacial score (nSPS) is 11.5. The summed E-state index contributed by atoms with van der Waals surface area (Å²) in [6.07, 6.45) is 1.14. The molecule has 0 saturated carbocycles. The number of carbonyl (C=O) groups is 1. The number of fused-ring (bicyclic) bond motifs is 1. The van der Waals surface area contributed by atoms with Crippen LogP contribution in [0.1, 0.15) is 33.5 Å². The predicted molar refractivity (Wildman–Crippen MR) is 98.9 cm³/mol. The molecule has 0 aliphatic carbocycles. The third kappa shape index (κ3) is 3.77. The Balaban J connectivity index is 1.93. The van der Waals surface area contributed by atoms with Gasteiger partial charge in [-0.25, -0.2) is 13.6 Å². The highest BCUT2D eigenvalue weighted by Gasteiger charge is 2.13. The molecule has 0 fully saturated rings. The number of halogens is 3. The second-order valence-corrected chi connectivity index (χ2v) is 6.31. The van der Waals surface area contributed by atoms with Crippen LogP contribution in [-0.4, -0.2) is 11.1 Å². The summed E-state index contributed by atoms with van der Waals surface area (Å²) < 4.78 is 26.3. The zero-order chi connectivity index (χ0) is 18.0. The minimum absolute atomic E-state index is 0.0266. The summed E-state index contributed by atoms with van der Waals surface area (Å²) in [6.45, 7) is 0. The lowest BCUT2D eigenvalue weighted by Crippen LogP contribution is -1.95. The summed E-state index contributed by atoms with van der Waals surface area (Å²) in [5.41, 5.74) is 1.87. The SMILES string of the molecule is O=C(O)c1cccc(C=Cc2ccc3c(Br)c(C(F)F)ccc3c2)c1. The van der Waals surface area contributed by atoms with Crippen LogP contribution in [0.5, 0.6) is 0 Å². The van der Waals surface area contributed by atoms with Gasteiger partial charge in [0.25, 0.3) is 6.43 Å². The fraction of sp³-hybridized carbons (Fsp3) is 0.0500. The zero-order valence-electron chi connectivity index (χ0n) is 12.9. The van der Waals surface area contributed by atoms with Crippen LogP contribution in [0.3, 0.4) is 0 Å². The van der Waals surface area contributed by atoms with Crippen LogP contribution in [0.15, 0.2) is 59.1 Å². The Morgan fingerprint density at radius 2 is 1.72 bits per heavy atom. The van der Waals surface area contributed by atoms with E-state index >= 15 is 0 Å². The van der Waals surface area contributed by atoms with Gasteiger partial charge in [-0.2, -0.15) is 0 Å². The first-order valence-corrected chi connectivity index (χ1v) is 8.27. The monoisotopic (exact) mass is 402 g/mol. The molecule has 3 aromatic carbocycles. The molecule has 0 amide bonds. The Morgan fingerprint density at radius 3 is 2.40 bits per heavy atom. The fourth-order valence-electron chi connectivity index (χ4n) is 2.57. The maximum absolute atomic E-state index is 12.9. The zero-order valence-corrected chi connectivity index (χ0v) is 14.5. The number of benzene rings is 3. The Hall–Kier alpha value is -2.53. The summed E-state index contributed by atoms with van der Waals surface area (Å²) in [4.78, 5) is 11.0. The molecule has 0 heterocycles. The van der Waals surface area contributed by atoms with Gasteiger partial charge < -0.3 is 5.11 Å². The molecular formula is C20H13BrF2O2. The molecule has 3 rings (SSSR count). The van der Waals surface area contributed by atoms with Gasteiger partial charge in [0.15, 0.2) is 0 Å². The molecule has 1 N–H and O–H groups in total. The number of carboxylic acids is 1. The van der Waals surface area contributed by atoms with Crippen LogP contribution in [0.4, 0.5) is 8.78 Å². The summed E-state index contributed by atoms with van der Waals surface area (Å²) in [7, 11) is 0. The second-order valence-electron chi connectivity index (χ2n) is 5.51. The van der Waals surface area contributed by atoms with Crippen molar-refractivity contribution < 1.29 is 18.7 Å². The molecule has 0 aromatic heterocycles. The van der Waals surface area contributed by atoms with Crippen molar-refractivity contribution in [3.8, 4) is 0 Å². The van der Waals surface area contributed by atoms with Crippen molar-refractivity contribution in [2.75, 3.05) is 0 Å². The lowest BCUT2D eigenvalue weighted by Gasteiger charge is -2.08. The molecule has 0 spiro atoms. The van der Waals surface area contributed by atoms with Gasteiger partial charge in [-0.1, -0.05) is 48.6 Å². The molecule has 0 aliphatic heterocycles. The Bertz CT molecular complexity index is 981. The van der Waals surface area contributed by atoms with Gasteiger partial charge in [-0.15, -0.1) is 0 Å². The van der Waals surface area contributed by atoms with Crippen LogP contribution in [-0.2, 0) is 0 Å². The molecule has 25 heavy (non-hydrogen) atoms. The number of hydrogen-bond donors (Lipinski definition) is 1. The number of rotatable bonds is 4. The molecular weight excluding hydrogens is 390 g/mol. The van der Waals surface area contributed by atoms with E-state index in [-0.39, 0.29) is 11.1 Å². The van der Waals surface area contributed by atoms with Gasteiger partial charge in [0, 0.05) is 10.0 Å². The van der Waals surface area contributed by atoms with Crippen LogP contribution < -0.4 is 0 Å². The van der Waals surface area contributed by atoms with Crippen molar-refractivity contribution >= 4 is 44.8 Å². The molecule has 126 valence electrons. The van der Waals surface area contributed by atoms with Crippen LogP contribution in [0.2, 0.25) is 0 Å². The number of alkyl halides is 2. The number of carboxylic acid groups (broad SMARTS) is 1. The first-order valence-electron chi connectivity index (χ1n) is 7.47. The maximum Gasteiger partial charge on any atom is 0.335 e. The van der Waals surface area contributed by atoms with Crippen LogP contribution in [0.25, 0.3) is 22.9 Å². The number of hydrogen-bond acceptors (Lipinski definition) is 1. The quantitative estimate of drug-likeness (QED) is 0.512. The minimum atomic E-state index is -2.53. The van der Waals surface area contributed by atoms with Gasteiger partial charge in [0.2, 0.25) is 0 Å². The largest absolute Gasteiger partial charge is 0.478 e. The van der Waals surface area contributed by atoms with E-state index in [2.05, 4.69) is 15.9 Å². The van der Waals surface area contributed by atoms with Crippen molar-refractivity contribution in [3.63, 3.8) is 0 Å².